The van der Waals surface area contributed by atoms with E-state index >= 15 is 0 Å². The Morgan fingerprint density at radius 3 is 2.39 bits per heavy atom. The molecular formula is C21H25N2O5+. The van der Waals surface area contributed by atoms with E-state index < -0.39 is 18.0 Å². The molecule has 1 amide bonds. The predicted octanol–water partition coefficient (Wildman–Crippen LogP) is 1.44. The number of carbonyl (C=O) groups is 3. The number of amides is 1. The lowest BCUT2D eigenvalue weighted by atomic mass is 10.1. The van der Waals surface area contributed by atoms with Crippen LogP contribution >= 0.6 is 0 Å². The second kappa shape index (κ2) is 10.8. The number of pyridine rings is 1. The van der Waals surface area contributed by atoms with Crippen LogP contribution in [0.3, 0.4) is 0 Å². The first kappa shape index (κ1) is 21.1. The van der Waals surface area contributed by atoms with Crippen LogP contribution in [0.25, 0.3) is 0 Å². The molecule has 0 radical (unpaired) electrons. The topological polar surface area (TPSA) is 85.6 Å². The maximum atomic E-state index is 12.5. The van der Waals surface area contributed by atoms with Crippen molar-refractivity contribution in [2.24, 2.45) is 0 Å². The van der Waals surface area contributed by atoms with Gasteiger partial charge in [-0.2, -0.15) is 4.57 Å². The lowest BCUT2D eigenvalue weighted by Gasteiger charge is -2.16. The standard InChI is InChI=1S/C21H24N2O5/c1-3-27-20(25)17-11-8-12-23(14-17)15-19(24)22-18(21(26)28-4-2)13-16-9-6-5-7-10-16/h5-12,14,18H,3-4,13,15H2,1-2H3/p+1/t18-/m0/s1. The normalized spacial score (nSPS) is 11.4. The third kappa shape index (κ3) is 6.50. The molecule has 2 aromatic rings. The lowest BCUT2D eigenvalue weighted by Crippen LogP contribution is -2.49. The van der Waals surface area contributed by atoms with Crippen LogP contribution in [0.2, 0.25) is 0 Å². The van der Waals surface area contributed by atoms with Gasteiger partial charge in [-0.1, -0.05) is 30.3 Å². The third-order valence-electron chi connectivity index (χ3n) is 3.88. The fourth-order valence-corrected chi connectivity index (χ4v) is 2.65. The van der Waals surface area contributed by atoms with Gasteiger partial charge >= 0.3 is 11.9 Å². The first-order chi connectivity index (χ1) is 13.5. The van der Waals surface area contributed by atoms with Gasteiger partial charge in [-0.05, 0) is 25.5 Å². The summed E-state index contributed by atoms with van der Waals surface area (Å²) in [6.07, 6.45) is 3.53. The molecule has 2 rings (SSSR count). The summed E-state index contributed by atoms with van der Waals surface area (Å²) in [5.74, 6) is -1.30. The Balaban J connectivity index is 2.05. The minimum absolute atomic E-state index is 0.0437. The quantitative estimate of drug-likeness (QED) is 0.522. The summed E-state index contributed by atoms with van der Waals surface area (Å²) in [7, 11) is 0. The number of esters is 2. The first-order valence-electron chi connectivity index (χ1n) is 9.19. The number of hydrogen-bond donors (Lipinski definition) is 1. The Kier molecular flexibility index (Phi) is 8.14. The fourth-order valence-electron chi connectivity index (χ4n) is 2.65. The smallest absolute Gasteiger partial charge is 0.344 e. The molecule has 0 aliphatic rings. The molecule has 0 aliphatic heterocycles. The molecule has 7 nitrogen and oxygen atoms in total. The highest BCUT2D eigenvalue weighted by Crippen LogP contribution is 2.05. The molecule has 1 atom stereocenters. The molecule has 1 N–H and O–H groups in total. The van der Waals surface area contributed by atoms with Gasteiger partial charge in [-0.15, -0.1) is 0 Å². The highest BCUT2D eigenvalue weighted by Gasteiger charge is 2.24. The number of aromatic nitrogens is 1. The van der Waals surface area contributed by atoms with Crippen molar-refractivity contribution in [3.63, 3.8) is 0 Å². The zero-order valence-corrected chi connectivity index (χ0v) is 16.1. The fraction of sp³-hybridized carbons (Fsp3) is 0.333. The van der Waals surface area contributed by atoms with Crippen molar-refractivity contribution in [3.8, 4) is 0 Å². The Hall–Kier alpha value is -3.22. The number of hydrogen-bond acceptors (Lipinski definition) is 5. The van der Waals surface area contributed by atoms with Crippen LogP contribution in [0.4, 0.5) is 0 Å². The van der Waals surface area contributed by atoms with E-state index in [4.69, 9.17) is 9.47 Å². The maximum absolute atomic E-state index is 12.5. The highest BCUT2D eigenvalue weighted by molar-refractivity contribution is 5.88. The molecule has 0 unspecified atom stereocenters. The number of benzene rings is 1. The first-order valence-corrected chi connectivity index (χ1v) is 9.19. The summed E-state index contributed by atoms with van der Waals surface area (Å²) >= 11 is 0. The summed E-state index contributed by atoms with van der Waals surface area (Å²) in [6, 6.07) is 11.9. The summed E-state index contributed by atoms with van der Waals surface area (Å²) in [6.45, 7) is 3.91. The van der Waals surface area contributed by atoms with E-state index in [0.717, 1.165) is 5.56 Å². The third-order valence-corrected chi connectivity index (χ3v) is 3.88. The van der Waals surface area contributed by atoms with Crippen molar-refractivity contribution in [3.05, 3.63) is 66.0 Å². The Morgan fingerprint density at radius 2 is 1.71 bits per heavy atom. The molecule has 0 spiro atoms. The molecule has 1 aromatic heterocycles. The molecule has 0 bridgehead atoms. The molecule has 148 valence electrons. The van der Waals surface area contributed by atoms with Crippen LogP contribution < -0.4 is 9.88 Å². The number of nitrogens with one attached hydrogen (secondary N) is 1. The second-order valence-corrected chi connectivity index (χ2v) is 6.05. The van der Waals surface area contributed by atoms with Gasteiger partial charge in [0.2, 0.25) is 6.54 Å². The minimum atomic E-state index is -0.788. The van der Waals surface area contributed by atoms with Crippen molar-refractivity contribution < 1.29 is 28.4 Å². The Morgan fingerprint density at radius 1 is 1.00 bits per heavy atom. The number of rotatable bonds is 9. The molecule has 1 heterocycles. The number of carbonyl (C=O) groups excluding carboxylic acids is 3. The van der Waals surface area contributed by atoms with Gasteiger partial charge in [0.15, 0.2) is 12.4 Å². The van der Waals surface area contributed by atoms with Crippen molar-refractivity contribution in [2.45, 2.75) is 32.9 Å². The Bertz CT molecular complexity index is 807. The van der Waals surface area contributed by atoms with Crippen molar-refractivity contribution in [2.75, 3.05) is 13.2 Å². The van der Waals surface area contributed by atoms with Gasteiger partial charge in [0.1, 0.15) is 11.6 Å². The molecule has 1 aromatic carbocycles. The van der Waals surface area contributed by atoms with E-state index in [1.54, 1.807) is 36.7 Å². The molecule has 0 saturated heterocycles. The highest BCUT2D eigenvalue weighted by atomic mass is 16.5. The van der Waals surface area contributed by atoms with Crippen LogP contribution in [0.1, 0.15) is 29.8 Å². The number of nitrogens with zero attached hydrogens (tertiary/aromatic N) is 1. The average Bonchev–Trinajstić information content (AvgIpc) is 2.69. The largest absolute Gasteiger partial charge is 0.464 e. The molecular weight excluding hydrogens is 360 g/mol. The second-order valence-electron chi connectivity index (χ2n) is 6.05. The van der Waals surface area contributed by atoms with E-state index in [0.29, 0.717) is 12.0 Å². The van der Waals surface area contributed by atoms with Gasteiger partial charge in [0.05, 0.1) is 13.2 Å². The van der Waals surface area contributed by atoms with E-state index in [9.17, 15) is 14.4 Å². The summed E-state index contributed by atoms with van der Waals surface area (Å²) in [4.78, 5) is 36.5. The van der Waals surface area contributed by atoms with Crippen LogP contribution in [0, 0.1) is 0 Å². The van der Waals surface area contributed by atoms with Gasteiger partial charge < -0.3 is 14.8 Å². The average molecular weight is 385 g/mol. The van der Waals surface area contributed by atoms with Crippen LogP contribution in [-0.4, -0.2) is 37.1 Å². The van der Waals surface area contributed by atoms with Gasteiger partial charge in [-0.3, -0.25) is 4.79 Å². The minimum Gasteiger partial charge on any atom is -0.464 e. The van der Waals surface area contributed by atoms with Crippen LogP contribution in [0.5, 0.6) is 0 Å². The molecule has 7 heteroatoms. The number of ether oxygens (including phenoxy) is 2. The lowest BCUT2D eigenvalue weighted by molar-refractivity contribution is -0.684. The van der Waals surface area contributed by atoms with E-state index in [1.165, 1.54) is 6.20 Å². The van der Waals surface area contributed by atoms with E-state index in [2.05, 4.69) is 5.32 Å². The zero-order chi connectivity index (χ0) is 20.4. The Labute approximate surface area is 164 Å². The van der Waals surface area contributed by atoms with Crippen molar-refractivity contribution in [1.29, 1.82) is 0 Å². The summed E-state index contributed by atoms with van der Waals surface area (Å²) in [5.41, 5.74) is 1.26. The molecule has 28 heavy (non-hydrogen) atoms. The monoisotopic (exact) mass is 385 g/mol. The maximum Gasteiger partial charge on any atom is 0.344 e. The SMILES string of the molecule is CCOC(=O)c1ccc[n+](CC(=O)N[C@@H](Cc2ccccc2)C(=O)OCC)c1. The zero-order valence-electron chi connectivity index (χ0n) is 16.1. The van der Waals surface area contributed by atoms with Crippen molar-refractivity contribution in [1.82, 2.24) is 5.32 Å². The van der Waals surface area contributed by atoms with Gasteiger partial charge in [-0.25, -0.2) is 9.59 Å². The van der Waals surface area contributed by atoms with E-state index in [-0.39, 0.29) is 25.7 Å². The summed E-state index contributed by atoms with van der Waals surface area (Å²) < 4.78 is 11.6. The molecule has 0 fully saturated rings. The van der Waals surface area contributed by atoms with E-state index in [1.807, 2.05) is 30.3 Å². The molecule has 0 saturated carbocycles. The van der Waals surface area contributed by atoms with Crippen LogP contribution in [0.15, 0.2) is 54.9 Å². The summed E-state index contributed by atoms with van der Waals surface area (Å²) in [5, 5.41) is 2.72. The van der Waals surface area contributed by atoms with Crippen molar-refractivity contribution >= 4 is 17.8 Å². The predicted molar refractivity (Wildman–Crippen MR) is 101 cm³/mol. The molecule has 0 aliphatic carbocycles. The van der Waals surface area contributed by atoms with Crippen LogP contribution in [-0.2, 0) is 32.0 Å². The van der Waals surface area contributed by atoms with Gasteiger partial charge in [0.25, 0.3) is 5.91 Å². The van der Waals surface area contributed by atoms with Gasteiger partial charge in [0, 0.05) is 12.5 Å².